The maximum Gasteiger partial charge on any atom is 0.321 e. The van der Waals surface area contributed by atoms with Crippen LogP contribution >= 0.6 is 11.6 Å². The Hall–Kier alpha value is -2.53. The third kappa shape index (κ3) is 6.79. The van der Waals surface area contributed by atoms with Gasteiger partial charge < -0.3 is 15.5 Å². The van der Waals surface area contributed by atoms with Crippen molar-refractivity contribution < 1.29 is 9.59 Å². The molecule has 0 unspecified atom stereocenters. The van der Waals surface area contributed by atoms with Crippen LogP contribution in [0.1, 0.15) is 36.8 Å². The number of carbonyl (C=O) groups is 2. The molecule has 6 heteroatoms. The number of halogens is 1. The van der Waals surface area contributed by atoms with E-state index < -0.39 is 0 Å². The number of piperidine rings is 1. The van der Waals surface area contributed by atoms with E-state index in [1.807, 2.05) is 60.4 Å². The minimum atomic E-state index is -0.0625. The van der Waals surface area contributed by atoms with E-state index in [0.717, 1.165) is 42.6 Å². The summed E-state index contributed by atoms with van der Waals surface area (Å²) in [5, 5.41) is 6.62. The van der Waals surface area contributed by atoms with E-state index in [1.54, 1.807) is 0 Å². The molecule has 0 radical (unpaired) electrons. The Bertz CT molecular complexity index is 838. The van der Waals surface area contributed by atoms with Crippen molar-refractivity contribution in [2.45, 2.75) is 39.2 Å². The van der Waals surface area contributed by atoms with Gasteiger partial charge in [-0.1, -0.05) is 35.9 Å². The van der Waals surface area contributed by atoms with E-state index in [2.05, 4.69) is 10.6 Å². The fourth-order valence-corrected chi connectivity index (χ4v) is 3.76. The van der Waals surface area contributed by atoms with Gasteiger partial charge in [0.05, 0.1) is 0 Å². The van der Waals surface area contributed by atoms with Gasteiger partial charge in [-0.2, -0.15) is 0 Å². The van der Waals surface area contributed by atoms with E-state index in [0.29, 0.717) is 30.5 Å². The number of aryl methyl sites for hydroxylation is 1. The highest BCUT2D eigenvalue weighted by molar-refractivity contribution is 6.30. The number of carbonyl (C=O) groups excluding carboxylic acids is 2. The lowest BCUT2D eigenvalue weighted by Crippen LogP contribution is -2.42. The summed E-state index contributed by atoms with van der Waals surface area (Å²) < 4.78 is 0. The number of amides is 3. The molecule has 1 aliphatic rings. The maximum absolute atomic E-state index is 12.6. The predicted molar refractivity (Wildman–Crippen MR) is 117 cm³/mol. The summed E-state index contributed by atoms with van der Waals surface area (Å²) in [6.07, 6.45) is 3.29. The average molecular weight is 414 g/mol. The summed E-state index contributed by atoms with van der Waals surface area (Å²) in [7, 11) is 0. The molecule has 0 aliphatic carbocycles. The lowest BCUT2D eigenvalue weighted by molar-refractivity contribution is -0.121. The summed E-state index contributed by atoms with van der Waals surface area (Å²) in [4.78, 5) is 26.6. The fraction of sp³-hybridized carbons (Fsp3) is 0.391. The molecule has 154 valence electrons. The van der Waals surface area contributed by atoms with Gasteiger partial charge in [-0.25, -0.2) is 4.79 Å². The van der Waals surface area contributed by atoms with Gasteiger partial charge in [0, 0.05) is 36.8 Å². The molecule has 1 atom stereocenters. The summed E-state index contributed by atoms with van der Waals surface area (Å²) in [5.41, 5.74) is 2.96. The molecule has 1 saturated heterocycles. The lowest BCUT2D eigenvalue weighted by Gasteiger charge is -2.32. The van der Waals surface area contributed by atoms with Gasteiger partial charge >= 0.3 is 6.03 Å². The van der Waals surface area contributed by atoms with Crippen LogP contribution in [0.25, 0.3) is 0 Å². The van der Waals surface area contributed by atoms with Crippen molar-refractivity contribution >= 4 is 29.2 Å². The Morgan fingerprint density at radius 3 is 2.72 bits per heavy atom. The number of benzene rings is 2. The van der Waals surface area contributed by atoms with Crippen LogP contribution in [0.5, 0.6) is 0 Å². The van der Waals surface area contributed by atoms with Crippen LogP contribution in [0.2, 0.25) is 5.02 Å². The first kappa shape index (κ1) is 21.2. The molecule has 1 fully saturated rings. The zero-order chi connectivity index (χ0) is 20.6. The van der Waals surface area contributed by atoms with Crippen molar-refractivity contribution in [3.63, 3.8) is 0 Å². The number of anilines is 1. The fourth-order valence-electron chi connectivity index (χ4n) is 3.64. The first-order valence-electron chi connectivity index (χ1n) is 10.1. The van der Waals surface area contributed by atoms with Gasteiger partial charge in [0.2, 0.25) is 5.91 Å². The molecule has 0 aromatic heterocycles. The van der Waals surface area contributed by atoms with Crippen molar-refractivity contribution in [1.29, 1.82) is 0 Å². The normalized spacial score (nSPS) is 16.3. The molecule has 0 saturated carbocycles. The number of hydrogen-bond acceptors (Lipinski definition) is 2. The zero-order valence-electron chi connectivity index (χ0n) is 16.8. The van der Waals surface area contributed by atoms with Gasteiger partial charge in [-0.15, -0.1) is 0 Å². The topological polar surface area (TPSA) is 61.4 Å². The van der Waals surface area contributed by atoms with E-state index in [9.17, 15) is 9.59 Å². The van der Waals surface area contributed by atoms with Crippen molar-refractivity contribution in [1.82, 2.24) is 10.2 Å². The van der Waals surface area contributed by atoms with E-state index in [4.69, 9.17) is 11.6 Å². The van der Waals surface area contributed by atoms with Crippen LogP contribution in [0.3, 0.4) is 0 Å². The van der Waals surface area contributed by atoms with Crippen LogP contribution in [-0.2, 0) is 11.3 Å². The Labute approximate surface area is 177 Å². The highest BCUT2D eigenvalue weighted by Crippen LogP contribution is 2.22. The molecule has 2 N–H and O–H groups in total. The number of nitrogens with one attached hydrogen (secondary N) is 2. The van der Waals surface area contributed by atoms with Crippen molar-refractivity contribution in [2.75, 3.05) is 18.4 Å². The van der Waals surface area contributed by atoms with Gasteiger partial charge in [-0.05, 0) is 67.5 Å². The Balaban J connectivity index is 1.41. The van der Waals surface area contributed by atoms with Crippen LogP contribution in [0, 0.1) is 12.8 Å². The van der Waals surface area contributed by atoms with Gasteiger partial charge in [-0.3, -0.25) is 4.79 Å². The van der Waals surface area contributed by atoms with Crippen molar-refractivity contribution in [3.8, 4) is 0 Å². The highest BCUT2D eigenvalue weighted by Gasteiger charge is 2.24. The molecular weight excluding hydrogens is 386 g/mol. The van der Waals surface area contributed by atoms with Crippen LogP contribution in [0.15, 0.2) is 48.5 Å². The molecule has 3 rings (SSSR count). The average Bonchev–Trinajstić information content (AvgIpc) is 2.72. The summed E-state index contributed by atoms with van der Waals surface area (Å²) in [6, 6.07) is 15.2. The third-order valence-electron chi connectivity index (χ3n) is 5.26. The lowest BCUT2D eigenvalue weighted by atomic mass is 9.93. The van der Waals surface area contributed by atoms with Gasteiger partial charge in [0.15, 0.2) is 0 Å². The third-order valence-corrected chi connectivity index (χ3v) is 5.51. The molecule has 5 nitrogen and oxygen atoms in total. The Kier molecular flexibility index (Phi) is 7.53. The second-order valence-corrected chi connectivity index (χ2v) is 8.13. The van der Waals surface area contributed by atoms with E-state index >= 15 is 0 Å². The first-order chi connectivity index (χ1) is 14.0. The van der Waals surface area contributed by atoms with Crippen molar-refractivity contribution in [3.05, 3.63) is 64.7 Å². The standard InChI is InChI=1S/C23H28ClN3O2/c1-17-4-2-6-21(14-17)26-23(29)27-13-3-5-19(16-27)9-12-22(28)25-15-18-7-10-20(24)11-8-18/h2,4,6-8,10-11,14,19H,3,5,9,12-13,15-16H2,1H3,(H,25,28)(H,26,29)/t19-/m1/s1. The van der Waals surface area contributed by atoms with E-state index in [-0.39, 0.29) is 11.9 Å². The largest absolute Gasteiger partial charge is 0.352 e. The number of nitrogens with zero attached hydrogens (tertiary/aromatic N) is 1. The zero-order valence-corrected chi connectivity index (χ0v) is 17.5. The predicted octanol–water partition coefficient (Wildman–Crippen LogP) is 4.99. The number of rotatable bonds is 6. The summed E-state index contributed by atoms with van der Waals surface area (Å²) in [5.74, 6) is 0.398. The molecule has 2 aromatic rings. The van der Waals surface area contributed by atoms with Crippen LogP contribution in [-0.4, -0.2) is 29.9 Å². The number of urea groups is 1. The smallest absolute Gasteiger partial charge is 0.321 e. The molecule has 29 heavy (non-hydrogen) atoms. The number of hydrogen-bond donors (Lipinski definition) is 2. The van der Waals surface area contributed by atoms with Crippen LogP contribution < -0.4 is 10.6 Å². The minimum Gasteiger partial charge on any atom is -0.352 e. The second-order valence-electron chi connectivity index (χ2n) is 7.70. The minimum absolute atomic E-state index is 0.0429. The first-order valence-corrected chi connectivity index (χ1v) is 10.5. The maximum atomic E-state index is 12.6. The van der Waals surface area contributed by atoms with Gasteiger partial charge in [0.25, 0.3) is 0 Å². The Morgan fingerprint density at radius 2 is 1.97 bits per heavy atom. The van der Waals surface area contributed by atoms with Crippen molar-refractivity contribution in [2.24, 2.45) is 5.92 Å². The van der Waals surface area contributed by atoms with Crippen LogP contribution in [0.4, 0.5) is 10.5 Å². The molecule has 0 bridgehead atoms. The molecule has 1 aliphatic heterocycles. The molecule has 1 heterocycles. The molecule has 3 amide bonds. The SMILES string of the molecule is Cc1cccc(NC(=O)N2CCC[C@H](CCC(=O)NCc3ccc(Cl)cc3)C2)c1. The quantitative estimate of drug-likeness (QED) is 0.700. The highest BCUT2D eigenvalue weighted by atomic mass is 35.5. The van der Waals surface area contributed by atoms with E-state index in [1.165, 1.54) is 0 Å². The number of likely N-dealkylation sites (tertiary alicyclic amines) is 1. The molecule has 0 spiro atoms. The second kappa shape index (κ2) is 10.3. The summed E-state index contributed by atoms with van der Waals surface area (Å²) in [6.45, 7) is 3.97. The monoisotopic (exact) mass is 413 g/mol. The summed E-state index contributed by atoms with van der Waals surface area (Å²) >= 11 is 5.88. The molecular formula is C23H28ClN3O2. The van der Waals surface area contributed by atoms with Gasteiger partial charge in [0.1, 0.15) is 0 Å². The molecule has 2 aromatic carbocycles. The Morgan fingerprint density at radius 1 is 1.17 bits per heavy atom.